The highest BCUT2D eigenvalue weighted by Crippen LogP contribution is 2.35. The first-order valence-electron chi connectivity index (χ1n) is 6.93. The number of carbonyl (C=O) groups is 1. The SMILES string of the molecule is CCCN1C(=O)c2ccccc2N[C@H]1c1ccc(C)s1. The molecule has 1 aliphatic heterocycles. The van der Waals surface area contributed by atoms with E-state index in [1.54, 1.807) is 11.3 Å². The molecule has 3 nitrogen and oxygen atoms in total. The minimum atomic E-state index is -0.0453. The number of benzene rings is 1. The predicted molar refractivity (Wildman–Crippen MR) is 83.2 cm³/mol. The molecule has 0 saturated heterocycles. The molecule has 1 N–H and O–H groups in total. The van der Waals surface area contributed by atoms with Crippen molar-refractivity contribution in [3.8, 4) is 0 Å². The Morgan fingerprint density at radius 3 is 2.75 bits per heavy atom. The van der Waals surface area contributed by atoms with E-state index < -0.39 is 0 Å². The quantitative estimate of drug-likeness (QED) is 0.923. The van der Waals surface area contributed by atoms with Gasteiger partial charge in [-0.2, -0.15) is 0 Å². The summed E-state index contributed by atoms with van der Waals surface area (Å²) >= 11 is 1.74. The lowest BCUT2D eigenvalue weighted by Gasteiger charge is -2.37. The van der Waals surface area contributed by atoms with Gasteiger partial charge in [0.1, 0.15) is 6.17 Å². The van der Waals surface area contributed by atoms with Crippen molar-refractivity contribution in [1.29, 1.82) is 0 Å². The number of fused-ring (bicyclic) bond motifs is 1. The minimum Gasteiger partial charge on any atom is -0.360 e. The molecule has 2 heterocycles. The zero-order valence-electron chi connectivity index (χ0n) is 11.7. The number of amides is 1. The first kappa shape index (κ1) is 13.2. The Morgan fingerprint density at radius 2 is 2.05 bits per heavy atom. The van der Waals surface area contributed by atoms with Crippen LogP contribution in [0.4, 0.5) is 5.69 Å². The fourth-order valence-corrected chi connectivity index (χ4v) is 3.53. The summed E-state index contributed by atoms with van der Waals surface area (Å²) in [7, 11) is 0. The summed E-state index contributed by atoms with van der Waals surface area (Å²) in [4.78, 5) is 17.1. The number of nitrogens with zero attached hydrogens (tertiary/aromatic N) is 1. The molecule has 0 spiro atoms. The molecule has 0 fully saturated rings. The maximum absolute atomic E-state index is 12.7. The molecule has 1 aliphatic rings. The number of aryl methyl sites for hydroxylation is 1. The summed E-state index contributed by atoms with van der Waals surface area (Å²) < 4.78 is 0. The van der Waals surface area contributed by atoms with Gasteiger partial charge in [0.05, 0.1) is 5.56 Å². The third-order valence-corrected chi connectivity index (χ3v) is 4.57. The number of nitrogens with one attached hydrogen (secondary N) is 1. The predicted octanol–water partition coefficient (Wildman–Crippen LogP) is 4.03. The van der Waals surface area contributed by atoms with Crippen LogP contribution < -0.4 is 5.32 Å². The van der Waals surface area contributed by atoms with Gasteiger partial charge in [-0.3, -0.25) is 4.79 Å². The number of carbonyl (C=O) groups excluding carboxylic acids is 1. The highest BCUT2D eigenvalue weighted by molar-refractivity contribution is 7.12. The van der Waals surface area contributed by atoms with Crippen molar-refractivity contribution in [2.45, 2.75) is 26.4 Å². The van der Waals surface area contributed by atoms with Crippen LogP contribution in [0.1, 0.15) is 39.6 Å². The smallest absolute Gasteiger partial charge is 0.257 e. The van der Waals surface area contributed by atoms with E-state index in [0.717, 1.165) is 24.2 Å². The van der Waals surface area contributed by atoms with Crippen LogP contribution in [0.25, 0.3) is 0 Å². The second-order valence-corrected chi connectivity index (χ2v) is 6.36. The lowest BCUT2D eigenvalue weighted by Crippen LogP contribution is -2.42. The van der Waals surface area contributed by atoms with Crippen LogP contribution in [0.2, 0.25) is 0 Å². The fraction of sp³-hybridized carbons (Fsp3) is 0.312. The monoisotopic (exact) mass is 286 g/mol. The van der Waals surface area contributed by atoms with Gasteiger partial charge in [0.25, 0.3) is 5.91 Å². The molecule has 0 saturated carbocycles. The molecule has 2 aromatic rings. The van der Waals surface area contributed by atoms with Crippen molar-refractivity contribution < 1.29 is 4.79 Å². The molecule has 1 amide bonds. The largest absolute Gasteiger partial charge is 0.360 e. The average Bonchev–Trinajstić information content (AvgIpc) is 2.88. The van der Waals surface area contributed by atoms with Crippen molar-refractivity contribution in [2.24, 2.45) is 0 Å². The second kappa shape index (κ2) is 5.29. The standard InChI is InChI=1S/C16H18N2OS/c1-3-10-18-15(14-9-8-11(2)20-14)17-13-7-5-4-6-12(13)16(18)19/h4-9,15,17H,3,10H2,1-2H3/t15-/m1/s1. The molecule has 0 radical (unpaired) electrons. The Bertz CT molecular complexity index is 635. The third-order valence-electron chi connectivity index (χ3n) is 3.52. The normalized spacial score (nSPS) is 17.8. The molecule has 0 unspecified atom stereocenters. The molecule has 20 heavy (non-hydrogen) atoms. The number of rotatable bonds is 3. The molecule has 4 heteroatoms. The Labute approximate surface area is 123 Å². The number of thiophene rings is 1. The topological polar surface area (TPSA) is 32.3 Å². The summed E-state index contributed by atoms with van der Waals surface area (Å²) in [6.07, 6.45) is 0.909. The van der Waals surface area contributed by atoms with Gasteiger partial charge < -0.3 is 10.2 Å². The van der Waals surface area contributed by atoms with E-state index in [0.29, 0.717) is 0 Å². The van der Waals surface area contributed by atoms with Crippen LogP contribution in [0.3, 0.4) is 0 Å². The Hall–Kier alpha value is -1.81. The molecule has 1 aromatic heterocycles. The first-order chi connectivity index (χ1) is 9.70. The summed E-state index contributed by atoms with van der Waals surface area (Å²) in [6, 6.07) is 12.0. The van der Waals surface area contributed by atoms with Crippen LogP contribution in [-0.4, -0.2) is 17.4 Å². The van der Waals surface area contributed by atoms with Crippen LogP contribution in [0.15, 0.2) is 36.4 Å². The summed E-state index contributed by atoms with van der Waals surface area (Å²) in [5.74, 6) is 0.122. The Balaban J connectivity index is 2.03. The second-order valence-electron chi connectivity index (χ2n) is 5.04. The number of hydrogen-bond acceptors (Lipinski definition) is 3. The lowest BCUT2D eigenvalue weighted by molar-refractivity contribution is 0.0686. The first-order valence-corrected chi connectivity index (χ1v) is 7.75. The lowest BCUT2D eigenvalue weighted by atomic mass is 10.1. The highest BCUT2D eigenvalue weighted by atomic mass is 32.1. The van der Waals surface area contributed by atoms with Gasteiger partial charge in [-0.25, -0.2) is 0 Å². The number of hydrogen-bond donors (Lipinski definition) is 1. The van der Waals surface area contributed by atoms with E-state index in [9.17, 15) is 4.79 Å². The molecule has 1 aromatic carbocycles. The van der Waals surface area contributed by atoms with Crippen molar-refractivity contribution in [2.75, 3.05) is 11.9 Å². The van der Waals surface area contributed by atoms with E-state index in [-0.39, 0.29) is 12.1 Å². The molecule has 0 bridgehead atoms. The van der Waals surface area contributed by atoms with Crippen LogP contribution in [0.5, 0.6) is 0 Å². The summed E-state index contributed by atoms with van der Waals surface area (Å²) in [6.45, 7) is 4.96. The number of anilines is 1. The van der Waals surface area contributed by atoms with Crippen LogP contribution in [-0.2, 0) is 0 Å². The number of para-hydroxylation sites is 1. The summed E-state index contributed by atoms with van der Waals surface area (Å²) in [5.41, 5.74) is 1.70. The van der Waals surface area contributed by atoms with Crippen molar-refractivity contribution in [3.05, 3.63) is 51.7 Å². The van der Waals surface area contributed by atoms with Gasteiger partial charge in [0.15, 0.2) is 0 Å². The molecule has 0 aliphatic carbocycles. The van der Waals surface area contributed by atoms with Crippen molar-refractivity contribution in [1.82, 2.24) is 4.90 Å². The van der Waals surface area contributed by atoms with Gasteiger partial charge in [0, 0.05) is 22.0 Å². The molecular weight excluding hydrogens is 268 g/mol. The minimum absolute atomic E-state index is 0.0453. The van der Waals surface area contributed by atoms with Gasteiger partial charge in [-0.1, -0.05) is 19.1 Å². The van der Waals surface area contributed by atoms with Gasteiger partial charge in [-0.15, -0.1) is 11.3 Å². The Morgan fingerprint density at radius 1 is 1.25 bits per heavy atom. The molecule has 3 rings (SSSR count). The van der Waals surface area contributed by atoms with E-state index in [2.05, 4.69) is 31.3 Å². The average molecular weight is 286 g/mol. The van der Waals surface area contributed by atoms with Crippen LogP contribution in [0, 0.1) is 6.92 Å². The van der Waals surface area contributed by atoms with Gasteiger partial charge in [-0.05, 0) is 37.6 Å². The maximum Gasteiger partial charge on any atom is 0.257 e. The van der Waals surface area contributed by atoms with Gasteiger partial charge in [0.2, 0.25) is 0 Å². The van der Waals surface area contributed by atoms with E-state index in [1.807, 2.05) is 29.2 Å². The molecule has 104 valence electrons. The van der Waals surface area contributed by atoms with Gasteiger partial charge >= 0.3 is 0 Å². The maximum atomic E-state index is 12.7. The zero-order valence-corrected chi connectivity index (χ0v) is 12.5. The molecule has 1 atom stereocenters. The summed E-state index contributed by atoms with van der Waals surface area (Å²) in [5, 5.41) is 3.51. The van der Waals surface area contributed by atoms with Crippen molar-refractivity contribution >= 4 is 22.9 Å². The van der Waals surface area contributed by atoms with Crippen molar-refractivity contribution in [3.63, 3.8) is 0 Å². The third kappa shape index (κ3) is 2.20. The Kier molecular flexibility index (Phi) is 3.49. The van der Waals surface area contributed by atoms with E-state index in [1.165, 1.54) is 9.75 Å². The molecular formula is C16H18N2OS. The van der Waals surface area contributed by atoms with E-state index in [4.69, 9.17) is 0 Å². The highest BCUT2D eigenvalue weighted by Gasteiger charge is 2.32. The van der Waals surface area contributed by atoms with Crippen LogP contribution >= 0.6 is 11.3 Å². The zero-order chi connectivity index (χ0) is 14.1. The fourth-order valence-electron chi connectivity index (χ4n) is 2.59. The van der Waals surface area contributed by atoms with E-state index >= 15 is 0 Å².